The summed E-state index contributed by atoms with van der Waals surface area (Å²) in [4.78, 5) is 24.2. The fraction of sp³-hybridized carbons (Fsp3) is 0.250. The zero-order chi connectivity index (χ0) is 17.5. The normalized spacial score (nSPS) is 10.6. The zero-order valence-electron chi connectivity index (χ0n) is 12.9. The molecule has 1 amide bonds. The molecule has 0 unspecified atom stereocenters. The Labute approximate surface area is 158 Å². The molecule has 128 valence electrons. The van der Waals surface area contributed by atoms with Crippen LogP contribution < -0.4 is 11.5 Å². The molecule has 0 aliphatic heterocycles. The lowest BCUT2D eigenvalue weighted by molar-refractivity contribution is 0.0890. The smallest absolute Gasteiger partial charge is 0.262 e. The number of halogens is 1. The maximum absolute atomic E-state index is 12.1. The highest BCUT2D eigenvalue weighted by atomic mass is 127. The molecular weight excluding hydrogens is 441 g/mol. The second-order valence-corrected chi connectivity index (χ2v) is 7.07. The number of hydrogen-bond donors (Lipinski definition) is 2. The largest absolute Gasteiger partial charge is 0.467 e. The van der Waals surface area contributed by atoms with E-state index in [-0.39, 0.29) is 17.6 Å². The topological polar surface area (TPSA) is 103 Å². The van der Waals surface area contributed by atoms with Gasteiger partial charge in [0, 0.05) is 24.4 Å². The molecule has 0 spiro atoms. The number of nitrogens with two attached hydrogens (primary N) is 2. The Hall–Kier alpha value is -1.36. The molecule has 0 bridgehead atoms. The van der Waals surface area contributed by atoms with E-state index in [0.29, 0.717) is 35.7 Å². The molecule has 1 aromatic heterocycles. The molecule has 0 saturated carbocycles. The van der Waals surface area contributed by atoms with Crippen LogP contribution in [0.2, 0.25) is 0 Å². The summed E-state index contributed by atoms with van der Waals surface area (Å²) in [6.07, 6.45) is 1.42. The van der Waals surface area contributed by atoms with Gasteiger partial charge in [-0.25, -0.2) is 0 Å². The number of nitrogens with zero attached hydrogens (tertiary/aromatic N) is 1. The lowest BCUT2D eigenvalue weighted by Gasteiger charge is -2.13. The van der Waals surface area contributed by atoms with Crippen LogP contribution in [0.4, 0.5) is 0 Å². The highest BCUT2D eigenvalue weighted by Crippen LogP contribution is 2.20. The first kappa shape index (κ1) is 19.0. The highest BCUT2D eigenvalue weighted by Gasteiger charge is 2.13. The summed E-state index contributed by atoms with van der Waals surface area (Å²) in [5.74, 6) is 1.03. The SMILES string of the molecule is NCCN(I)C(=O)c1ccc(CSC(=O)c2coc(CN)c2)cc1. The molecule has 2 rings (SSSR count). The average molecular weight is 459 g/mol. The minimum atomic E-state index is -0.0796. The van der Waals surface area contributed by atoms with E-state index in [0.717, 1.165) is 5.56 Å². The maximum atomic E-state index is 12.1. The molecule has 6 nitrogen and oxygen atoms in total. The fourth-order valence-electron chi connectivity index (χ4n) is 1.93. The van der Waals surface area contributed by atoms with Crippen molar-refractivity contribution in [3.63, 3.8) is 0 Å². The number of amides is 1. The lowest BCUT2D eigenvalue weighted by atomic mass is 10.1. The molecule has 0 radical (unpaired) electrons. The minimum absolute atomic E-state index is 0.0695. The standard InChI is InChI=1S/C16H18IN3O3S/c17-20(6-5-18)15(21)12-3-1-11(2-4-12)10-24-16(22)13-7-14(8-19)23-9-13/h1-4,7,9H,5-6,8,10,18-19H2. The first-order valence-electron chi connectivity index (χ1n) is 7.26. The van der Waals surface area contributed by atoms with Gasteiger partial charge in [-0.15, -0.1) is 0 Å². The Morgan fingerprint density at radius 3 is 2.46 bits per heavy atom. The second kappa shape index (κ2) is 9.21. The van der Waals surface area contributed by atoms with E-state index >= 15 is 0 Å². The molecule has 0 saturated heterocycles. The Morgan fingerprint density at radius 1 is 1.17 bits per heavy atom. The van der Waals surface area contributed by atoms with Gasteiger partial charge in [0.2, 0.25) is 5.12 Å². The van der Waals surface area contributed by atoms with Crippen molar-refractivity contribution in [3.8, 4) is 0 Å². The Morgan fingerprint density at radius 2 is 1.88 bits per heavy atom. The second-order valence-electron chi connectivity index (χ2n) is 4.96. The molecule has 24 heavy (non-hydrogen) atoms. The van der Waals surface area contributed by atoms with Crippen LogP contribution in [-0.4, -0.2) is 27.2 Å². The summed E-state index contributed by atoms with van der Waals surface area (Å²) in [5.41, 5.74) is 13.0. The Bertz CT molecular complexity index is 703. The molecule has 4 N–H and O–H groups in total. The van der Waals surface area contributed by atoms with Gasteiger partial charge in [0.15, 0.2) is 0 Å². The Kier molecular flexibility index (Phi) is 7.28. The van der Waals surface area contributed by atoms with Gasteiger partial charge in [-0.2, -0.15) is 0 Å². The predicted octanol–water partition coefficient (Wildman–Crippen LogP) is 2.56. The number of benzene rings is 1. The third-order valence-electron chi connectivity index (χ3n) is 3.21. The van der Waals surface area contributed by atoms with Gasteiger partial charge in [0.25, 0.3) is 5.91 Å². The van der Waals surface area contributed by atoms with E-state index in [2.05, 4.69) is 0 Å². The van der Waals surface area contributed by atoms with Crippen molar-refractivity contribution >= 4 is 45.6 Å². The van der Waals surface area contributed by atoms with Crippen LogP contribution in [-0.2, 0) is 12.3 Å². The van der Waals surface area contributed by atoms with Crippen molar-refractivity contribution in [2.45, 2.75) is 12.3 Å². The minimum Gasteiger partial charge on any atom is -0.467 e. The molecule has 0 atom stereocenters. The summed E-state index contributed by atoms with van der Waals surface area (Å²) in [5, 5.41) is -0.0695. The molecular formula is C16H18IN3O3S. The van der Waals surface area contributed by atoms with E-state index in [1.54, 1.807) is 21.3 Å². The predicted molar refractivity (Wildman–Crippen MR) is 103 cm³/mol. The molecule has 1 aromatic carbocycles. The summed E-state index contributed by atoms with van der Waals surface area (Å²) in [6.45, 7) is 1.19. The van der Waals surface area contributed by atoms with Crippen LogP contribution in [0.25, 0.3) is 0 Å². The van der Waals surface area contributed by atoms with E-state index in [9.17, 15) is 9.59 Å². The van der Waals surface area contributed by atoms with Gasteiger partial charge in [-0.1, -0.05) is 23.9 Å². The molecule has 2 aromatic rings. The monoisotopic (exact) mass is 459 g/mol. The summed E-state index contributed by atoms with van der Waals surface area (Å²) >= 11 is 3.14. The van der Waals surface area contributed by atoms with Crippen LogP contribution in [0.3, 0.4) is 0 Å². The first-order valence-corrected chi connectivity index (χ1v) is 9.21. The van der Waals surface area contributed by atoms with Gasteiger partial charge in [0.1, 0.15) is 12.0 Å². The third-order valence-corrected chi connectivity index (χ3v) is 5.10. The van der Waals surface area contributed by atoms with Gasteiger partial charge < -0.3 is 15.9 Å². The summed E-state index contributed by atoms with van der Waals surface area (Å²) in [7, 11) is 0. The Balaban J connectivity index is 1.92. The molecule has 0 aliphatic rings. The number of hydrogen-bond acceptors (Lipinski definition) is 6. The van der Waals surface area contributed by atoms with Crippen molar-refractivity contribution in [3.05, 3.63) is 59.0 Å². The van der Waals surface area contributed by atoms with Crippen LogP contribution in [0, 0.1) is 0 Å². The summed E-state index contributed by atoms with van der Waals surface area (Å²) in [6, 6.07) is 8.87. The van der Waals surface area contributed by atoms with Crippen molar-refractivity contribution < 1.29 is 14.0 Å². The van der Waals surface area contributed by atoms with Gasteiger partial charge in [-0.3, -0.25) is 12.7 Å². The maximum Gasteiger partial charge on any atom is 0.262 e. The van der Waals surface area contributed by atoms with Gasteiger partial charge in [0.05, 0.1) is 35.0 Å². The van der Waals surface area contributed by atoms with E-state index in [1.165, 1.54) is 18.0 Å². The third kappa shape index (κ3) is 5.07. The number of carbonyl (C=O) groups is 2. The molecule has 1 heterocycles. The quantitative estimate of drug-likeness (QED) is 0.488. The van der Waals surface area contributed by atoms with Crippen molar-refractivity contribution in [1.29, 1.82) is 0 Å². The van der Waals surface area contributed by atoms with Gasteiger partial charge in [-0.05, 0) is 23.8 Å². The fourth-order valence-corrected chi connectivity index (χ4v) is 3.25. The number of carbonyl (C=O) groups excluding carboxylic acids is 2. The zero-order valence-corrected chi connectivity index (χ0v) is 15.9. The molecule has 0 aliphatic carbocycles. The number of thioether (sulfide) groups is 1. The lowest BCUT2D eigenvalue weighted by Crippen LogP contribution is -2.26. The van der Waals surface area contributed by atoms with E-state index in [1.807, 2.05) is 35.0 Å². The van der Waals surface area contributed by atoms with Crippen molar-refractivity contribution in [2.75, 3.05) is 13.1 Å². The van der Waals surface area contributed by atoms with Crippen LogP contribution in [0.1, 0.15) is 32.0 Å². The van der Waals surface area contributed by atoms with Crippen LogP contribution in [0.5, 0.6) is 0 Å². The van der Waals surface area contributed by atoms with E-state index < -0.39 is 0 Å². The van der Waals surface area contributed by atoms with Crippen molar-refractivity contribution in [1.82, 2.24) is 3.11 Å². The van der Waals surface area contributed by atoms with Crippen molar-refractivity contribution in [2.24, 2.45) is 11.5 Å². The van der Waals surface area contributed by atoms with Gasteiger partial charge >= 0.3 is 0 Å². The average Bonchev–Trinajstić information content (AvgIpc) is 3.09. The number of furan rings is 1. The van der Waals surface area contributed by atoms with Crippen LogP contribution in [0.15, 0.2) is 41.0 Å². The van der Waals surface area contributed by atoms with Crippen LogP contribution >= 0.6 is 34.6 Å². The summed E-state index contributed by atoms with van der Waals surface area (Å²) < 4.78 is 6.71. The molecule has 0 fully saturated rings. The first-order chi connectivity index (χ1) is 11.5. The van der Waals surface area contributed by atoms with E-state index in [4.69, 9.17) is 15.9 Å². The number of rotatable bonds is 7. The highest BCUT2D eigenvalue weighted by molar-refractivity contribution is 14.1. The molecule has 8 heteroatoms.